The highest BCUT2D eigenvalue weighted by molar-refractivity contribution is 6.01. The van der Waals surface area contributed by atoms with E-state index in [4.69, 9.17) is 10.6 Å². The summed E-state index contributed by atoms with van der Waals surface area (Å²) in [5, 5.41) is 3.03. The summed E-state index contributed by atoms with van der Waals surface area (Å²) in [6.45, 7) is 0. The summed E-state index contributed by atoms with van der Waals surface area (Å²) in [6, 6.07) is 17.8. The fourth-order valence-electron chi connectivity index (χ4n) is 3.40. The van der Waals surface area contributed by atoms with Crippen molar-refractivity contribution < 1.29 is 24.0 Å². The number of hydrogen-bond acceptors (Lipinski definition) is 6. The molecular formula is C23H26N4O5. The molecule has 1 heterocycles. The molecule has 4 amide bonds. The Balaban J connectivity index is 1.70. The number of carbonyl (C=O) groups is 4. The monoisotopic (exact) mass is 438 g/mol. The Bertz CT molecular complexity index is 951. The third kappa shape index (κ3) is 5.92. The van der Waals surface area contributed by atoms with Gasteiger partial charge in [0.25, 0.3) is 11.8 Å². The van der Waals surface area contributed by atoms with Crippen LogP contribution in [0.4, 0.5) is 4.79 Å². The molecule has 0 aliphatic carbocycles. The lowest BCUT2D eigenvalue weighted by atomic mass is 10.0. The van der Waals surface area contributed by atoms with E-state index in [1.54, 1.807) is 0 Å². The molecule has 1 aliphatic heterocycles. The average Bonchev–Trinajstić information content (AvgIpc) is 3.11. The summed E-state index contributed by atoms with van der Waals surface area (Å²) < 4.78 is 0. The zero-order chi connectivity index (χ0) is 23.1. The van der Waals surface area contributed by atoms with Crippen LogP contribution >= 0.6 is 0 Å². The van der Waals surface area contributed by atoms with E-state index >= 15 is 0 Å². The summed E-state index contributed by atoms with van der Waals surface area (Å²) in [4.78, 5) is 55.1. The van der Waals surface area contributed by atoms with E-state index in [9.17, 15) is 19.2 Å². The first-order valence-electron chi connectivity index (χ1n) is 10.3. The van der Waals surface area contributed by atoms with Gasteiger partial charge in [0.15, 0.2) is 0 Å². The van der Waals surface area contributed by atoms with Crippen LogP contribution in [0, 0.1) is 0 Å². The van der Waals surface area contributed by atoms with Crippen LogP contribution in [0.15, 0.2) is 60.7 Å². The van der Waals surface area contributed by atoms with Crippen LogP contribution in [0.5, 0.6) is 0 Å². The normalized spacial score (nSPS) is 15.2. The predicted molar refractivity (Wildman–Crippen MR) is 116 cm³/mol. The van der Waals surface area contributed by atoms with Crippen molar-refractivity contribution in [3.8, 4) is 0 Å². The lowest BCUT2D eigenvalue weighted by Gasteiger charge is -2.31. The van der Waals surface area contributed by atoms with E-state index in [0.29, 0.717) is 11.5 Å². The number of carbonyl (C=O) groups excluding carboxylic acids is 4. The van der Waals surface area contributed by atoms with Crippen molar-refractivity contribution in [1.82, 2.24) is 15.3 Å². The van der Waals surface area contributed by atoms with E-state index in [0.717, 1.165) is 11.1 Å². The number of likely N-dealkylation sites (N-methyl/N-ethyl adjacent to an activating group) is 1. The highest BCUT2D eigenvalue weighted by atomic mass is 16.7. The Morgan fingerprint density at radius 1 is 0.969 bits per heavy atom. The van der Waals surface area contributed by atoms with Gasteiger partial charge in [0.2, 0.25) is 5.91 Å². The lowest BCUT2D eigenvalue weighted by Crippen LogP contribution is -2.55. The molecule has 0 aromatic heterocycles. The fraction of sp³-hybridized carbons (Fsp3) is 0.304. The number of nitrogens with two attached hydrogens (primary N) is 1. The van der Waals surface area contributed by atoms with Gasteiger partial charge in [-0.1, -0.05) is 60.7 Å². The second-order valence-corrected chi connectivity index (χ2v) is 7.56. The van der Waals surface area contributed by atoms with E-state index in [2.05, 4.69) is 5.32 Å². The second-order valence-electron chi connectivity index (χ2n) is 7.56. The highest BCUT2D eigenvalue weighted by Crippen LogP contribution is 2.13. The third-order valence-electron chi connectivity index (χ3n) is 5.17. The van der Waals surface area contributed by atoms with Gasteiger partial charge in [0.1, 0.15) is 6.17 Å². The summed E-state index contributed by atoms with van der Waals surface area (Å²) in [6.07, 6.45) is -1.22. The molecule has 32 heavy (non-hydrogen) atoms. The summed E-state index contributed by atoms with van der Waals surface area (Å²) in [5.41, 5.74) is 7.93. The van der Waals surface area contributed by atoms with Crippen LogP contribution in [0.2, 0.25) is 0 Å². The minimum Gasteiger partial charge on any atom is -0.324 e. The van der Waals surface area contributed by atoms with Crippen molar-refractivity contribution in [1.29, 1.82) is 0 Å². The van der Waals surface area contributed by atoms with Crippen LogP contribution in [-0.2, 0) is 32.1 Å². The maximum absolute atomic E-state index is 13.0. The first-order valence-corrected chi connectivity index (χ1v) is 10.3. The van der Waals surface area contributed by atoms with Gasteiger partial charge in [-0.15, -0.1) is 5.06 Å². The number of nitrogens with one attached hydrogen (secondary N) is 1. The zero-order valence-corrected chi connectivity index (χ0v) is 17.8. The van der Waals surface area contributed by atoms with Gasteiger partial charge >= 0.3 is 6.09 Å². The average molecular weight is 438 g/mol. The number of hydroxylamine groups is 2. The Morgan fingerprint density at radius 3 is 2.00 bits per heavy atom. The molecular weight excluding hydrogens is 412 g/mol. The van der Waals surface area contributed by atoms with Crippen LogP contribution in [0.25, 0.3) is 0 Å². The quantitative estimate of drug-likeness (QED) is 0.474. The zero-order valence-electron chi connectivity index (χ0n) is 17.8. The Morgan fingerprint density at radius 2 is 1.47 bits per heavy atom. The molecule has 168 valence electrons. The van der Waals surface area contributed by atoms with Crippen molar-refractivity contribution in [3.63, 3.8) is 0 Å². The van der Waals surface area contributed by atoms with Crippen molar-refractivity contribution in [3.05, 3.63) is 71.8 Å². The van der Waals surface area contributed by atoms with Gasteiger partial charge < -0.3 is 15.5 Å². The van der Waals surface area contributed by atoms with Crippen LogP contribution in [0.3, 0.4) is 0 Å². The number of imide groups is 1. The van der Waals surface area contributed by atoms with Crippen molar-refractivity contribution in [2.24, 2.45) is 5.73 Å². The van der Waals surface area contributed by atoms with Gasteiger partial charge in [0, 0.05) is 26.3 Å². The van der Waals surface area contributed by atoms with Crippen LogP contribution < -0.4 is 11.1 Å². The Hall–Kier alpha value is -3.72. The molecule has 2 aromatic rings. The third-order valence-corrected chi connectivity index (χ3v) is 5.17. The molecule has 9 heteroatoms. The minimum atomic E-state index is -1.01. The molecule has 9 nitrogen and oxygen atoms in total. The Labute approximate surface area is 186 Å². The number of amides is 4. The number of rotatable bonds is 8. The largest absolute Gasteiger partial charge is 0.433 e. The van der Waals surface area contributed by atoms with E-state index < -0.39 is 30.1 Å². The maximum atomic E-state index is 13.0. The van der Waals surface area contributed by atoms with Crippen molar-refractivity contribution in [2.45, 2.75) is 37.9 Å². The second kappa shape index (κ2) is 10.5. The van der Waals surface area contributed by atoms with Gasteiger partial charge in [-0.05, 0) is 17.5 Å². The molecule has 0 spiro atoms. The van der Waals surface area contributed by atoms with E-state index in [1.807, 2.05) is 60.7 Å². The molecule has 0 bridgehead atoms. The number of nitrogens with zero attached hydrogens (tertiary/aromatic N) is 2. The standard InChI is InChI=1S/C23H26N4O5/c1-26(22(30)18(24)14-16-8-4-2-5-9-16)19(15-17-10-6-3-7-11-17)25-23(31)32-27-20(28)12-13-21(27)29/h2-11,18-19H,12-15,24H2,1H3,(H,25,31). The molecule has 2 unspecified atom stereocenters. The predicted octanol–water partition coefficient (Wildman–Crippen LogP) is 1.37. The molecule has 0 radical (unpaired) electrons. The SMILES string of the molecule is CN(C(=O)C(N)Cc1ccccc1)C(Cc1ccccc1)NC(=O)ON1C(=O)CCC1=O. The smallest absolute Gasteiger partial charge is 0.324 e. The molecule has 2 atom stereocenters. The summed E-state index contributed by atoms with van der Waals surface area (Å²) in [7, 11) is 1.53. The highest BCUT2D eigenvalue weighted by Gasteiger charge is 2.34. The number of benzene rings is 2. The van der Waals surface area contributed by atoms with Gasteiger partial charge in [-0.25, -0.2) is 4.79 Å². The number of hydrogen-bond donors (Lipinski definition) is 2. The van der Waals surface area contributed by atoms with Gasteiger partial charge in [-0.3, -0.25) is 19.7 Å². The minimum absolute atomic E-state index is 0.00765. The van der Waals surface area contributed by atoms with Crippen molar-refractivity contribution in [2.75, 3.05) is 7.05 Å². The van der Waals surface area contributed by atoms with E-state index in [1.165, 1.54) is 11.9 Å². The maximum Gasteiger partial charge on any atom is 0.433 e. The fourth-order valence-corrected chi connectivity index (χ4v) is 3.40. The molecule has 1 fully saturated rings. The topological polar surface area (TPSA) is 122 Å². The van der Waals surface area contributed by atoms with Crippen LogP contribution in [0.1, 0.15) is 24.0 Å². The molecule has 1 aliphatic rings. The molecule has 1 saturated heterocycles. The molecule has 2 aromatic carbocycles. The summed E-state index contributed by atoms with van der Waals surface area (Å²) in [5.74, 6) is -1.54. The summed E-state index contributed by atoms with van der Waals surface area (Å²) >= 11 is 0. The van der Waals surface area contributed by atoms with Gasteiger partial charge in [-0.2, -0.15) is 0 Å². The molecule has 3 rings (SSSR count). The first kappa shape index (κ1) is 23.0. The molecule has 3 N–H and O–H groups in total. The Kier molecular flexibility index (Phi) is 7.56. The molecule has 0 saturated carbocycles. The lowest BCUT2D eigenvalue weighted by molar-refractivity contribution is -0.172. The van der Waals surface area contributed by atoms with Crippen LogP contribution in [-0.4, -0.2) is 53.0 Å². The van der Waals surface area contributed by atoms with Crippen molar-refractivity contribution >= 4 is 23.8 Å². The van der Waals surface area contributed by atoms with E-state index in [-0.39, 0.29) is 25.2 Å². The van der Waals surface area contributed by atoms with Gasteiger partial charge in [0.05, 0.1) is 6.04 Å². The first-order chi connectivity index (χ1) is 15.3.